The fraction of sp³-hybridized carbons (Fsp3) is 0. The quantitative estimate of drug-likeness (QED) is 0.657. The maximum Gasteiger partial charge on any atom is 0.163 e. The average molecular weight is 311 g/mol. The molecule has 0 radical (unpaired) electrons. The first-order valence-electron chi connectivity index (χ1n) is 5.45. The van der Waals surface area contributed by atoms with Crippen molar-refractivity contribution in [3.63, 3.8) is 0 Å². The molecule has 0 spiro atoms. The van der Waals surface area contributed by atoms with Gasteiger partial charge in [-0.25, -0.2) is 4.98 Å². The molecule has 0 aliphatic heterocycles. The van der Waals surface area contributed by atoms with Crippen molar-refractivity contribution in [3.05, 3.63) is 46.4 Å². The molecule has 0 aliphatic carbocycles. The van der Waals surface area contributed by atoms with E-state index >= 15 is 0 Å². The Morgan fingerprint density at radius 3 is 2.63 bits per heavy atom. The highest BCUT2D eigenvalue weighted by Gasteiger charge is 2.10. The van der Waals surface area contributed by atoms with E-state index in [1.807, 2.05) is 18.2 Å². The maximum atomic E-state index is 6.10. The molecule has 0 fully saturated rings. The molecule has 6 heteroatoms. The van der Waals surface area contributed by atoms with Crippen molar-refractivity contribution in [2.75, 3.05) is 0 Å². The third-order valence-electron chi connectivity index (χ3n) is 2.60. The van der Waals surface area contributed by atoms with Gasteiger partial charge < -0.3 is 9.72 Å². The van der Waals surface area contributed by atoms with E-state index in [0.29, 0.717) is 26.7 Å². The standard InChI is InChI=1S/C13H8Cl2N2OS/c14-7-3-1-5-9(11(7)15)18-10-6-2-4-8-12(10)17-13(19)16-8/h1-6H,(H2,16,17,19). The molecule has 3 rings (SSSR count). The van der Waals surface area contributed by atoms with Crippen LogP contribution >= 0.6 is 35.8 Å². The molecule has 3 nitrogen and oxygen atoms in total. The first-order valence-corrected chi connectivity index (χ1v) is 6.65. The van der Waals surface area contributed by atoms with Crippen LogP contribution in [-0.4, -0.2) is 9.97 Å². The first-order chi connectivity index (χ1) is 9.15. The molecule has 0 unspecified atom stereocenters. The second-order valence-corrected chi connectivity index (χ2v) is 5.07. The topological polar surface area (TPSA) is 37.9 Å². The molecule has 0 saturated carbocycles. The van der Waals surface area contributed by atoms with Crippen LogP contribution in [0, 0.1) is 0 Å². The van der Waals surface area contributed by atoms with Crippen molar-refractivity contribution in [2.24, 2.45) is 0 Å². The van der Waals surface area contributed by atoms with Crippen molar-refractivity contribution < 1.29 is 4.74 Å². The molecular formula is C13H8Cl2N2OS. The SMILES string of the molecule is Sc1nc2cccc(Oc3cccc(Cl)c3Cl)c2[nH]1. The van der Waals surface area contributed by atoms with Crippen molar-refractivity contribution >= 4 is 46.9 Å². The first kappa shape index (κ1) is 12.7. The number of ether oxygens (including phenoxy) is 1. The van der Waals surface area contributed by atoms with Crippen LogP contribution < -0.4 is 4.74 Å². The number of rotatable bonds is 2. The van der Waals surface area contributed by atoms with Gasteiger partial charge in [0.15, 0.2) is 10.9 Å². The Morgan fingerprint density at radius 1 is 1.05 bits per heavy atom. The van der Waals surface area contributed by atoms with Crippen LogP contribution in [0.25, 0.3) is 11.0 Å². The number of hydrogen-bond acceptors (Lipinski definition) is 3. The summed E-state index contributed by atoms with van der Waals surface area (Å²) in [7, 11) is 0. The zero-order chi connectivity index (χ0) is 13.4. The normalized spacial score (nSPS) is 10.9. The van der Waals surface area contributed by atoms with Gasteiger partial charge >= 0.3 is 0 Å². The average Bonchev–Trinajstić information content (AvgIpc) is 2.76. The summed E-state index contributed by atoms with van der Waals surface area (Å²) in [5.41, 5.74) is 1.55. The zero-order valence-electron chi connectivity index (χ0n) is 9.52. The summed E-state index contributed by atoms with van der Waals surface area (Å²) < 4.78 is 5.79. The maximum absolute atomic E-state index is 6.10. The summed E-state index contributed by atoms with van der Waals surface area (Å²) in [4.78, 5) is 7.26. The lowest BCUT2D eigenvalue weighted by atomic mass is 10.3. The lowest BCUT2D eigenvalue weighted by Gasteiger charge is -2.08. The highest BCUT2D eigenvalue weighted by atomic mass is 35.5. The molecule has 0 saturated heterocycles. The van der Waals surface area contributed by atoms with Gasteiger partial charge in [-0.3, -0.25) is 0 Å². The van der Waals surface area contributed by atoms with Crippen molar-refractivity contribution in [1.29, 1.82) is 0 Å². The molecule has 2 aromatic carbocycles. The number of nitrogens with zero attached hydrogens (tertiary/aromatic N) is 1. The van der Waals surface area contributed by atoms with Gasteiger partial charge in [0, 0.05) is 0 Å². The van der Waals surface area contributed by atoms with E-state index in [9.17, 15) is 0 Å². The minimum Gasteiger partial charge on any atom is -0.453 e. The van der Waals surface area contributed by atoms with Crippen LogP contribution in [0.2, 0.25) is 10.0 Å². The molecular weight excluding hydrogens is 303 g/mol. The van der Waals surface area contributed by atoms with E-state index in [1.54, 1.807) is 18.2 Å². The fourth-order valence-corrected chi connectivity index (χ4v) is 2.31. The van der Waals surface area contributed by atoms with Gasteiger partial charge in [-0.1, -0.05) is 35.3 Å². The summed E-state index contributed by atoms with van der Waals surface area (Å²) >= 11 is 16.2. The third-order valence-corrected chi connectivity index (χ3v) is 3.62. The predicted molar refractivity (Wildman–Crippen MR) is 79.9 cm³/mol. The Bertz CT molecular complexity index is 757. The molecule has 0 amide bonds. The van der Waals surface area contributed by atoms with Crippen LogP contribution in [0.3, 0.4) is 0 Å². The molecule has 1 heterocycles. The number of H-pyrrole nitrogens is 1. The van der Waals surface area contributed by atoms with Crippen LogP contribution in [0.15, 0.2) is 41.6 Å². The van der Waals surface area contributed by atoms with Gasteiger partial charge in [-0.2, -0.15) is 0 Å². The Hall–Kier alpha value is -1.36. The van der Waals surface area contributed by atoms with E-state index in [1.165, 1.54) is 0 Å². The molecule has 1 aromatic heterocycles. The van der Waals surface area contributed by atoms with Gasteiger partial charge in [0.25, 0.3) is 0 Å². The Kier molecular flexibility index (Phi) is 3.31. The Morgan fingerprint density at radius 2 is 1.79 bits per heavy atom. The molecule has 1 N–H and O–H groups in total. The summed E-state index contributed by atoms with van der Waals surface area (Å²) in [6, 6.07) is 10.8. The number of benzene rings is 2. The van der Waals surface area contributed by atoms with E-state index in [0.717, 1.165) is 11.0 Å². The number of halogens is 2. The summed E-state index contributed by atoms with van der Waals surface area (Å²) in [5, 5.41) is 1.36. The van der Waals surface area contributed by atoms with Crippen molar-refractivity contribution in [3.8, 4) is 11.5 Å². The minimum atomic E-state index is 0.381. The number of thiol groups is 1. The second-order valence-electron chi connectivity index (χ2n) is 3.86. The highest BCUT2D eigenvalue weighted by molar-refractivity contribution is 7.80. The lowest BCUT2D eigenvalue weighted by Crippen LogP contribution is -1.87. The summed E-state index contributed by atoms with van der Waals surface area (Å²) in [5.74, 6) is 1.12. The van der Waals surface area contributed by atoms with Gasteiger partial charge in [0.05, 0.1) is 10.5 Å². The zero-order valence-corrected chi connectivity index (χ0v) is 11.9. The second kappa shape index (κ2) is 4.96. The molecule has 0 atom stereocenters. The largest absolute Gasteiger partial charge is 0.453 e. The Balaban J connectivity index is 2.08. The number of nitrogens with one attached hydrogen (secondary N) is 1. The number of para-hydroxylation sites is 1. The third kappa shape index (κ3) is 2.39. The van der Waals surface area contributed by atoms with E-state index in [-0.39, 0.29) is 0 Å². The molecule has 19 heavy (non-hydrogen) atoms. The van der Waals surface area contributed by atoms with E-state index in [4.69, 9.17) is 27.9 Å². The predicted octanol–water partition coefficient (Wildman–Crippen LogP) is 4.95. The highest BCUT2D eigenvalue weighted by Crippen LogP contribution is 2.36. The van der Waals surface area contributed by atoms with Gasteiger partial charge in [0.2, 0.25) is 0 Å². The van der Waals surface area contributed by atoms with Crippen LogP contribution in [-0.2, 0) is 0 Å². The smallest absolute Gasteiger partial charge is 0.163 e. The van der Waals surface area contributed by atoms with E-state index < -0.39 is 0 Å². The van der Waals surface area contributed by atoms with E-state index in [2.05, 4.69) is 22.6 Å². The van der Waals surface area contributed by atoms with Crippen LogP contribution in [0.1, 0.15) is 0 Å². The fourth-order valence-electron chi connectivity index (χ4n) is 1.76. The number of hydrogen-bond donors (Lipinski definition) is 2. The van der Waals surface area contributed by atoms with Crippen LogP contribution in [0.4, 0.5) is 0 Å². The minimum absolute atomic E-state index is 0.381. The van der Waals surface area contributed by atoms with Crippen molar-refractivity contribution in [1.82, 2.24) is 9.97 Å². The van der Waals surface area contributed by atoms with Crippen LogP contribution in [0.5, 0.6) is 11.5 Å². The van der Waals surface area contributed by atoms with Gasteiger partial charge in [-0.15, -0.1) is 12.6 Å². The Labute approximate surface area is 124 Å². The van der Waals surface area contributed by atoms with Gasteiger partial charge in [0.1, 0.15) is 16.3 Å². The summed E-state index contributed by atoms with van der Waals surface area (Å²) in [6.45, 7) is 0. The van der Waals surface area contributed by atoms with Crippen molar-refractivity contribution in [2.45, 2.75) is 5.16 Å². The monoisotopic (exact) mass is 310 g/mol. The molecule has 0 aliphatic rings. The molecule has 0 bridgehead atoms. The number of aromatic amines is 1. The number of imidazole rings is 1. The number of fused-ring (bicyclic) bond motifs is 1. The lowest BCUT2D eigenvalue weighted by molar-refractivity contribution is 0.487. The molecule has 3 aromatic rings. The molecule has 96 valence electrons. The number of aromatic nitrogens is 2. The summed E-state index contributed by atoms with van der Waals surface area (Å²) in [6.07, 6.45) is 0. The van der Waals surface area contributed by atoms with Gasteiger partial charge in [-0.05, 0) is 24.3 Å².